The maximum Gasteiger partial charge on any atom is 0.269 e. The van der Waals surface area contributed by atoms with Crippen LogP contribution in [0.4, 0.5) is 11.6 Å². The Morgan fingerprint density at radius 1 is 1.03 bits per heavy atom. The number of aromatic hydroxyl groups is 1. The van der Waals surface area contributed by atoms with Gasteiger partial charge in [0, 0.05) is 23.8 Å². The standard InChI is InChI=1S/C24H20N4O6/c1-32-20-4-2-3-5-21(20)34-22-13-26-24(25)27-23(22)18-11-10-17(12-19(18)29)33-14-15-6-8-16(9-7-15)28(30)31/h2-13,29H,14H2,1H3,(H2,25,26,27). The number of ether oxygens (including phenoxy) is 3. The van der Waals surface area contributed by atoms with Gasteiger partial charge in [0.2, 0.25) is 5.95 Å². The number of hydrogen-bond acceptors (Lipinski definition) is 9. The number of phenols is 1. The number of para-hydroxylation sites is 2. The number of hydrogen-bond donors (Lipinski definition) is 2. The van der Waals surface area contributed by atoms with Crippen LogP contribution < -0.4 is 19.9 Å². The van der Waals surface area contributed by atoms with Crippen molar-refractivity contribution < 1.29 is 24.2 Å². The summed E-state index contributed by atoms with van der Waals surface area (Å²) in [6.07, 6.45) is 1.42. The third kappa shape index (κ3) is 4.96. The summed E-state index contributed by atoms with van der Waals surface area (Å²) in [7, 11) is 1.53. The van der Waals surface area contributed by atoms with Gasteiger partial charge in [-0.1, -0.05) is 12.1 Å². The zero-order chi connectivity index (χ0) is 24.1. The number of methoxy groups -OCH3 is 1. The normalized spacial score (nSPS) is 10.5. The Bertz CT molecular complexity index is 1330. The highest BCUT2D eigenvalue weighted by Crippen LogP contribution is 2.40. The highest BCUT2D eigenvalue weighted by molar-refractivity contribution is 5.74. The van der Waals surface area contributed by atoms with Gasteiger partial charge in [-0.2, -0.15) is 0 Å². The molecule has 0 bridgehead atoms. The van der Waals surface area contributed by atoms with Gasteiger partial charge in [0.15, 0.2) is 17.2 Å². The number of nitrogens with zero attached hydrogens (tertiary/aromatic N) is 3. The number of nitrogen functional groups attached to an aromatic ring is 1. The van der Waals surface area contributed by atoms with Crippen molar-refractivity contribution in [3.8, 4) is 40.0 Å². The first kappa shape index (κ1) is 22.3. The number of rotatable bonds is 8. The minimum absolute atomic E-state index is 0.000942. The second-order valence-corrected chi connectivity index (χ2v) is 7.09. The molecule has 0 spiro atoms. The van der Waals surface area contributed by atoms with Gasteiger partial charge in [-0.3, -0.25) is 10.1 Å². The van der Waals surface area contributed by atoms with Crippen molar-refractivity contribution in [2.45, 2.75) is 6.61 Å². The van der Waals surface area contributed by atoms with Crippen molar-refractivity contribution in [2.75, 3.05) is 12.8 Å². The van der Waals surface area contributed by atoms with Crippen LogP contribution in [-0.2, 0) is 6.61 Å². The van der Waals surface area contributed by atoms with Gasteiger partial charge in [-0.05, 0) is 42.0 Å². The van der Waals surface area contributed by atoms with Gasteiger partial charge < -0.3 is 25.1 Å². The molecule has 3 aromatic carbocycles. The van der Waals surface area contributed by atoms with E-state index in [1.165, 1.54) is 31.5 Å². The summed E-state index contributed by atoms with van der Waals surface area (Å²) >= 11 is 0. The second-order valence-electron chi connectivity index (χ2n) is 7.09. The number of nitro groups is 1. The molecule has 1 aromatic heterocycles. The summed E-state index contributed by atoms with van der Waals surface area (Å²) < 4.78 is 17.0. The van der Waals surface area contributed by atoms with Crippen LogP contribution in [0.3, 0.4) is 0 Å². The van der Waals surface area contributed by atoms with Crippen molar-refractivity contribution in [2.24, 2.45) is 0 Å². The summed E-state index contributed by atoms with van der Waals surface area (Å²) in [5.74, 6) is 1.54. The molecule has 34 heavy (non-hydrogen) atoms. The average Bonchev–Trinajstić information content (AvgIpc) is 2.84. The van der Waals surface area contributed by atoms with E-state index in [1.54, 1.807) is 42.5 Å². The van der Waals surface area contributed by atoms with E-state index < -0.39 is 4.92 Å². The fourth-order valence-corrected chi connectivity index (χ4v) is 3.16. The van der Waals surface area contributed by atoms with Crippen LogP contribution in [0, 0.1) is 10.1 Å². The molecule has 10 heteroatoms. The molecule has 3 N–H and O–H groups in total. The van der Waals surface area contributed by atoms with Gasteiger partial charge >= 0.3 is 0 Å². The average molecular weight is 460 g/mol. The Balaban J connectivity index is 1.56. The molecule has 0 saturated heterocycles. The second kappa shape index (κ2) is 9.74. The first-order chi connectivity index (χ1) is 16.4. The van der Waals surface area contributed by atoms with Gasteiger partial charge in [0.05, 0.1) is 18.2 Å². The summed E-state index contributed by atoms with van der Waals surface area (Å²) in [4.78, 5) is 18.5. The lowest BCUT2D eigenvalue weighted by atomic mass is 10.1. The Labute approximate surface area is 194 Å². The van der Waals surface area contributed by atoms with Crippen LogP contribution in [-0.4, -0.2) is 27.1 Å². The van der Waals surface area contributed by atoms with E-state index in [-0.39, 0.29) is 35.4 Å². The zero-order valence-electron chi connectivity index (χ0n) is 18.0. The van der Waals surface area contributed by atoms with Crippen molar-refractivity contribution in [3.63, 3.8) is 0 Å². The van der Waals surface area contributed by atoms with Crippen LogP contribution in [0.1, 0.15) is 5.56 Å². The minimum atomic E-state index is -0.465. The maximum atomic E-state index is 10.8. The molecule has 0 aliphatic carbocycles. The lowest BCUT2D eigenvalue weighted by Gasteiger charge is -2.14. The van der Waals surface area contributed by atoms with E-state index >= 15 is 0 Å². The van der Waals surface area contributed by atoms with E-state index in [9.17, 15) is 15.2 Å². The third-order valence-electron chi connectivity index (χ3n) is 4.84. The Kier molecular flexibility index (Phi) is 6.40. The van der Waals surface area contributed by atoms with E-state index in [1.807, 2.05) is 6.07 Å². The summed E-state index contributed by atoms with van der Waals surface area (Å²) in [5.41, 5.74) is 7.18. The number of nitrogens with two attached hydrogens (primary N) is 1. The smallest absolute Gasteiger partial charge is 0.269 e. The number of non-ortho nitro benzene ring substituents is 1. The fraction of sp³-hybridized carbons (Fsp3) is 0.0833. The topological polar surface area (TPSA) is 143 Å². The summed E-state index contributed by atoms with van der Waals surface area (Å²) in [6, 6.07) is 17.8. The number of anilines is 1. The van der Waals surface area contributed by atoms with E-state index in [0.29, 0.717) is 22.8 Å². The number of nitro benzene ring substituents is 1. The molecule has 4 rings (SSSR count). The van der Waals surface area contributed by atoms with Crippen LogP contribution in [0.2, 0.25) is 0 Å². The maximum absolute atomic E-state index is 10.8. The molecule has 0 fully saturated rings. The van der Waals surface area contributed by atoms with Crippen molar-refractivity contribution >= 4 is 11.6 Å². The predicted octanol–water partition coefficient (Wildman–Crippen LogP) is 4.72. The van der Waals surface area contributed by atoms with Crippen LogP contribution >= 0.6 is 0 Å². The predicted molar refractivity (Wildman–Crippen MR) is 124 cm³/mol. The van der Waals surface area contributed by atoms with Crippen molar-refractivity contribution in [1.29, 1.82) is 0 Å². The van der Waals surface area contributed by atoms with Gasteiger partial charge in [0.1, 0.15) is 23.8 Å². The Morgan fingerprint density at radius 3 is 2.44 bits per heavy atom. The molecule has 0 atom stereocenters. The van der Waals surface area contributed by atoms with E-state index in [0.717, 1.165) is 5.56 Å². The van der Waals surface area contributed by atoms with Crippen LogP contribution in [0.25, 0.3) is 11.3 Å². The molecule has 0 radical (unpaired) electrons. The van der Waals surface area contributed by atoms with Crippen molar-refractivity contribution in [3.05, 3.63) is 88.6 Å². The van der Waals surface area contributed by atoms with E-state index in [4.69, 9.17) is 19.9 Å². The largest absolute Gasteiger partial charge is 0.507 e. The quantitative estimate of drug-likeness (QED) is 0.282. The number of benzene rings is 3. The molecule has 4 aromatic rings. The molecular formula is C24H20N4O6. The van der Waals surface area contributed by atoms with Crippen molar-refractivity contribution in [1.82, 2.24) is 9.97 Å². The minimum Gasteiger partial charge on any atom is -0.507 e. The number of aromatic nitrogens is 2. The molecule has 1 heterocycles. The fourth-order valence-electron chi connectivity index (χ4n) is 3.16. The molecule has 10 nitrogen and oxygen atoms in total. The SMILES string of the molecule is COc1ccccc1Oc1cnc(N)nc1-c1ccc(OCc2ccc([N+](=O)[O-])cc2)cc1O. The molecule has 0 aliphatic heterocycles. The first-order valence-corrected chi connectivity index (χ1v) is 10.1. The summed E-state index contributed by atoms with van der Waals surface area (Å²) in [6.45, 7) is 0.166. The first-order valence-electron chi connectivity index (χ1n) is 10.1. The lowest BCUT2D eigenvalue weighted by molar-refractivity contribution is -0.384. The monoisotopic (exact) mass is 460 g/mol. The molecular weight excluding hydrogens is 440 g/mol. The molecule has 0 saturated carbocycles. The highest BCUT2D eigenvalue weighted by Gasteiger charge is 2.17. The van der Waals surface area contributed by atoms with Gasteiger partial charge in [-0.15, -0.1) is 0 Å². The molecule has 0 amide bonds. The Morgan fingerprint density at radius 2 is 1.76 bits per heavy atom. The summed E-state index contributed by atoms with van der Waals surface area (Å²) in [5, 5.41) is 21.5. The number of phenolic OH excluding ortho intramolecular Hbond substituents is 1. The highest BCUT2D eigenvalue weighted by atomic mass is 16.6. The zero-order valence-corrected chi connectivity index (χ0v) is 18.0. The van der Waals surface area contributed by atoms with Gasteiger partial charge in [-0.25, -0.2) is 9.97 Å². The molecule has 172 valence electrons. The van der Waals surface area contributed by atoms with E-state index in [2.05, 4.69) is 9.97 Å². The van der Waals surface area contributed by atoms with Gasteiger partial charge in [0.25, 0.3) is 5.69 Å². The Hall–Kier alpha value is -4.86. The molecule has 0 unspecified atom stereocenters. The van der Waals surface area contributed by atoms with Crippen LogP contribution in [0.15, 0.2) is 72.9 Å². The lowest BCUT2D eigenvalue weighted by Crippen LogP contribution is -2.00. The third-order valence-corrected chi connectivity index (χ3v) is 4.84. The molecule has 0 aliphatic rings. The van der Waals surface area contributed by atoms with Crippen LogP contribution in [0.5, 0.6) is 28.7 Å².